The van der Waals surface area contributed by atoms with Gasteiger partial charge >= 0.3 is 0 Å². The second kappa shape index (κ2) is 12.5. The number of hydrogen-bond donors (Lipinski definition) is 2. The van der Waals surface area contributed by atoms with E-state index in [9.17, 15) is 4.79 Å². The van der Waals surface area contributed by atoms with Crippen LogP contribution in [0.3, 0.4) is 0 Å². The highest BCUT2D eigenvalue weighted by Gasteiger charge is 2.33. The van der Waals surface area contributed by atoms with Gasteiger partial charge in [-0.3, -0.25) is 9.69 Å². The van der Waals surface area contributed by atoms with Crippen LogP contribution in [0.4, 0.5) is 0 Å². The second-order valence-corrected chi connectivity index (χ2v) is 11.5. The Hall–Kier alpha value is -3.23. The van der Waals surface area contributed by atoms with Crippen LogP contribution in [0.25, 0.3) is 22.3 Å². The first kappa shape index (κ1) is 27.0. The maximum Gasteiger partial charge on any atom is 0.271 e. The zero-order chi connectivity index (χ0) is 27.3. The van der Waals surface area contributed by atoms with Crippen molar-refractivity contribution in [1.82, 2.24) is 20.1 Å². The topological polar surface area (TPSA) is 60.6 Å². The van der Waals surface area contributed by atoms with Gasteiger partial charge in [0, 0.05) is 66.6 Å². The Morgan fingerprint density at radius 3 is 2.35 bits per heavy atom. The van der Waals surface area contributed by atoms with Gasteiger partial charge in [0.05, 0.1) is 13.2 Å². The zero-order valence-electron chi connectivity index (χ0n) is 22.6. The number of amides is 1. The highest BCUT2D eigenvalue weighted by molar-refractivity contribution is 9.10. The van der Waals surface area contributed by atoms with Crippen molar-refractivity contribution in [2.45, 2.75) is 19.0 Å². The van der Waals surface area contributed by atoms with E-state index in [0.29, 0.717) is 12.2 Å². The molecule has 7 heteroatoms. The van der Waals surface area contributed by atoms with Crippen LogP contribution in [0.5, 0.6) is 0 Å². The number of nitrogens with one attached hydrogen (secondary N) is 2. The normalized spacial score (nSPS) is 18.1. The van der Waals surface area contributed by atoms with Gasteiger partial charge in [0.2, 0.25) is 0 Å². The first-order valence-corrected chi connectivity index (χ1v) is 14.9. The number of piperazine rings is 1. The van der Waals surface area contributed by atoms with Crippen LogP contribution in [0.2, 0.25) is 0 Å². The predicted molar refractivity (Wildman–Crippen MR) is 163 cm³/mol. The summed E-state index contributed by atoms with van der Waals surface area (Å²) in [5, 5.41) is 3.51. The van der Waals surface area contributed by atoms with Gasteiger partial charge in [0.1, 0.15) is 5.69 Å². The van der Waals surface area contributed by atoms with Gasteiger partial charge in [-0.05, 0) is 35.2 Å². The van der Waals surface area contributed by atoms with Crippen LogP contribution < -0.4 is 5.32 Å². The fourth-order valence-corrected chi connectivity index (χ4v) is 6.31. The molecule has 1 aromatic heterocycles. The number of morpholine rings is 1. The SMILES string of the molecule is O=C(c1[nH]c(CN2CCOCC2)c(-c2cccc(Br)c2)c1-c1ccccc1)N1CCNC[C@H]1Cc1ccccc1. The van der Waals surface area contributed by atoms with Crippen molar-refractivity contribution in [1.29, 1.82) is 0 Å². The number of nitrogens with zero attached hydrogens (tertiary/aromatic N) is 2. The Bertz CT molecular complexity index is 1430. The van der Waals surface area contributed by atoms with Gasteiger partial charge < -0.3 is 19.9 Å². The Balaban J connectivity index is 1.46. The third-order valence-corrected chi connectivity index (χ3v) is 8.37. The molecule has 6 nitrogen and oxygen atoms in total. The molecule has 40 heavy (non-hydrogen) atoms. The van der Waals surface area contributed by atoms with Gasteiger partial charge in [-0.25, -0.2) is 0 Å². The van der Waals surface area contributed by atoms with Gasteiger partial charge in [-0.15, -0.1) is 0 Å². The molecule has 0 aliphatic carbocycles. The molecule has 206 valence electrons. The molecule has 1 atom stereocenters. The van der Waals surface area contributed by atoms with Gasteiger partial charge in [-0.2, -0.15) is 0 Å². The lowest BCUT2D eigenvalue weighted by Gasteiger charge is -2.36. The predicted octanol–water partition coefficient (Wildman–Crippen LogP) is 5.60. The number of ether oxygens (including phenoxy) is 1. The van der Waals surface area contributed by atoms with Crippen LogP contribution in [-0.4, -0.2) is 72.7 Å². The number of hydrogen-bond acceptors (Lipinski definition) is 4. The fourth-order valence-electron chi connectivity index (χ4n) is 5.91. The standard InChI is InChI=1S/C33H35BrN4O2/c34-27-13-7-12-26(21-27)30-29(23-37-16-18-40-19-17-37)36-32(31(30)25-10-5-2-6-11-25)33(39)38-15-14-35-22-28(38)20-24-8-3-1-4-9-24/h1-13,21,28,35-36H,14-20,22-23H2/t28-/m1/s1. The highest BCUT2D eigenvalue weighted by Crippen LogP contribution is 2.40. The maximum absolute atomic E-state index is 14.6. The van der Waals surface area contributed by atoms with Crippen LogP contribution in [-0.2, 0) is 17.7 Å². The molecule has 2 aliphatic rings. The second-order valence-electron chi connectivity index (χ2n) is 10.5. The summed E-state index contributed by atoms with van der Waals surface area (Å²) in [5.74, 6) is 0.0609. The van der Waals surface area contributed by atoms with E-state index in [-0.39, 0.29) is 11.9 Å². The smallest absolute Gasteiger partial charge is 0.271 e. The number of carbonyl (C=O) groups excluding carboxylic acids is 1. The molecule has 6 rings (SSSR count). The lowest BCUT2D eigenvalue weighted by Crippen LogP contribution is -2.54. The minimum absolute atomic E-state index is 0.0609. The Morgan fingerprint density at radius 2 is 1.60 bits per heavy atom. The minimum atomic E-state index is 0.0609. The first-order valence-electron chi connectivity index (χ1n) is 14.1. The number of rotatable bonds is 7. The molecule has 2 aliphatic heterocycles. The van der Waals surface area contributed by atoms with Crippen LogP contribution in [0.1, 0.15) is 21.7 Å². The van der Waals surface area contributed by atoms with Crippen molar-refractivity contribution in [3.05, 3.63) is 106 Å². The molecule has 2 saturated heterocycles. The summed E-state index contributed by atoms with van der Waals surface area (Å²) in [6.45, 7) is 6.18. The van der Waals surface area contributed by atoms with Gasteiger partial charge in [0.25, 0.3) is 5.91 Å². The third-order valence-electron chi connectivity index (χ3n) is 7.88. The quantitative estimate of drug-likeness (QED) is 0.291. The van der Waals surface area contributed by atoms with E-state index in [1.165, 1.54) is 5.56 Å². The lowest BCUT2D eigenvalue weighted by molar-refractivity contribution is 0.0337. The molecular formula is C33H35BrN4O2. The number of aromatic amines is 1. The number of benzene rings is 3. The van der Waals surface area contributed by atoms with Gasteiger partial charge in [-0.1, -0.05) is 88.7 Å². The summed E-state index contributed by atoms with van der Waals surface area (Å²) in [5.41, 5.74) is 7.18. The van der Waals surface area contributed by atoms with Crippen LogP contribution in [0, 0.1) is 0 Å². The van der Waals surface area contributed by atoms with Crippen molar-refractivity contribution in [3.8, 4) is 22.3 Å². The van der Waals surface area contributed by atoms with Crippen molar-refractivity contribution >= 4 is 21.8 Å². The average molecular weight is 600 g/mol. The van der Waals surface area contributed by atoms with Crippen molar-refractivity contribution < 1.29 is 9.53 Å². The van der Waals surface area contributed by atoms with E-state index in [4.69, 9.17) is 4.74 Å². The number of aromatic nitrogens is 1. The molecule has 1 amide bonds. The largest absolute Gasteiger partial charge is 0.379 e. The van der Waals surface area contributed by atoms with E-state index < -0.39 is 0 Å². The van der Waals surface area contributed by atoms with Crippen molar-refractivity contribution in [3.63, 3.8) is 0 Å². The van der Waals surface area contributed by atoms with E-state index in [1.807, 2.05) is 30.3 Å². The van der Waals surface area contributed by atoms with Crippen LogP contribution in [0.15, 0.2) is 89.4 Å². The summed E-state index contributed by atoms with van der Waals surface area (Å²) in [7, 11) is 0. The molecule has 0 unspecified atom stereocenters. The fraction of sp³-hybridized carbons (Fsp3) is 0.303. The molecule has 0 spiro atoms. The lowest BCUT2D eigenvalue weighted by atomic mass is 9.93. The summed E-state index contributed by atoms with van der Waals surface area (Å²) < 4.78 is 6.63. The van der Waals surface area contributed by atoms with E-state index in [0.717, 1.165) is 84.8 Å². The van der Waals surface area contributed by atoms with Crippen LogP contribution >= 0.6 is 15.9 Å². The van der Waals surface area contributed by atoms with Gasteiger partial charge in [0.15, 0.2) is 0 Å². The summed E-state index contributed by atoms with van der Waals surface area (Å²) in [4.78, 5) is 22.7. The van der Waals surface area contributed by atoms with E-state index >= 15 is 0 Å². The average Bonchev–Trinajstić information content (AvgIpc) is 3.37. The molecule has 2 N–H and O–H groups in total. The Labute approximate surface area is 244 Å². The molecule has 0 bridgehead atoms. The summed E-state index contributed by atoms with van der Waals surface area (Å²) in [6.07, 6.45) is 0.820. The monoisotopic (exact) mass is 598 g/mol. The zero-order valence-corrected chi connectivity index (χ0v) is 24.2. The Morgan fingerprint density at radius 1 is 0.875 bits per heavy atom. The van der Waals surface area contributed by atoms with Crippen molar-refractivity contribution in [2.75, 3.05) is 45.9 Å². The molecule has 3 aromatic carbocycles. The molecular weight excluding hydrogens is 564 g/mol. The summed E-state index contributed by atoms with van der Waals surface area (Å²) >= 11 is 3.68. The minimum Gasteiger partial charge on any atom is -0.379 e. The number of H-pyrrole nitrogens is 1. The molecule has 3 heterocycles. The van der Waals surface area contributed by atoms with E-state index in [1.54, 1.807) is 0 Å². The maximum atomic E-state index is 14.6. The molecule has 0 saturated carbocycles. The summed E-state index contributed by atoms with van der Waals surface area (Å²) in [6, 6.07) is 29.3. The highest BCUT2D eigenvalue weighted by atomic mass is 79.9. The molecule has 4 aromatic rings. The number of halogens is 1. The first-order chi connectivity index (χ1) is 19.7. The molecule has 2 fully saturated rings. The third kappa shape index (κ3) is 5.93. The van der Waals surface area contributed by atoms with E-state index in [2.05, 4.69) is 90.6 Å². The number of carbonyl (C=O) groups is 1. The van der Waals surface area contributed by atoms with Crippen molar-refractivity contribution in [2.24, 2.45) is 0 Å². The Kier molecular flexibility index (Phi) is 8.44. The molecule has 0 radical (unpaired) electrons.